The van der Waals surface area contributed by atoms with Crippen LogP contribution in [0.1, 0.15) is 0 Å². The van der Waals surface area contributed by atoms with Gasteiger partial charge in [-0.3, -0.25) is 9.05 Å². The van der Waals surface area contributed by atoms with Crippen LogP contribution in [-0.4, -0.2) is 30.8 Å². The van der Waals surface area contributed by atoms with Crippen LogP contribution in [0.25, 0.3) is 0 Å². The van der Waals surface area contributed by atoms with Crippen molar-refractivity contribution in [3.05, 3.63) is 7.43 Å². The predicted octanol–water partition coefficient (Wildman–Crippen LogP) is 1.15. The molecule has 0 aromatic rings. The zero-order valence-electron chi connectivity index (χ0n) is 8.11. The van der Waals surface area contributed by atoms with Gasteiger partial charge in [0.2, 0.25) is 0 Å². The van der Waals surface area contributed by atoms with Crippen molar-refractivity contribution in [3.63, 3.8) is 0 Å². The fourth-order valence-corrected chi connectivity index (χ4v) is 1.02. The summed E-state index contributed by atoms with van der Waals surface area (Å²) >= 11 is 0. The van der Waals surface area contributed by atoms with Gasteiger partial charge in [0.15, 0.2) is 6.79 Å². The number of hydrogen-bond donors (Lipinski definition) is 2. The molecule has 0 saturated heterocycles. The second-order valence-electron chi connectivity index (χ2n) is 1.22. The Morgan fingerprint density at radius 2 is 1.50 bits per heavy atom. The van der Waals surface area contributed by atoms with E-state index >= 15 is 0 Å². The van der Waals surface area contributed by atoms with Crippen LogP contribution in [-0.2, 0) is 71.9 Å². The first-order valence-corrected chi connectivity index (χ1v) is 4.78. The van der Waals surface area contributed by atoms with E-state index in [1.807, 2.05) is 0 Å². The Hall–Kier alpha value is 2.41. The molecule has 0 saturated carbocycles. The van der Waals surface area contributed by atoms with E-state index in [1.165, 1.54) is 14.2 Å². The second kappa shape index (κ2) is 17.8. The SMILES string of the molecule is COP(OC)OCOP(O)O.[CH3-].[W].[Y]. The molecule has 0 amide bonds. The van der Waals surface area contributed by atoms with E-state index < -0.39 is 17.2 Å². The summed E-state index contributed by atoms with van der Waals surface area (Å²) in [5.74, 6) is 0. The van der Waals surface area contributed by atoms with Gasteiger partial charge in [0.25, 0.3) is 0 Å². The molecule has 0 atom stereocenters. The summed E-state index contributed by atoms with van der Waals surface area (Å²) in [5.41, 5.74) is 0. The van der Waals surface area contributed by atoms with Crippen LogP contribution in [0.5, 0.6) is 0 Å². The molecule has 0 unspecified atom stereocenters. The molecule has 0 heterocycles. The van der Waals surface area contributed by atoms with Crippen molar-refractivity contribution in [2.24, 2.45) is 0 Å². The van der Waals surface area contributed by atoms with E-state index in [0.717, 1.165) is 0 Å². The Morgan fingerprint density at radius 1 is 1.07 bits per heavy atom. The van der Waals surface area contributed by atoms with Gasteiger partial charge in [-0.1, -0.05) is 0 Å². The summed E-state index contributed by atoms with van der Waals surface area (Å²) in [4.78, 5) is 16.5. The van der Waals surface area contributed by atoms with E-state index in [0.29, 0.717) is 0 Å². The minimum Gasteiger partial charge on any atom is -0.358 e. The van der Waals surface area contributed by atoms with E-state index in [2.05, 4.69) is 13.6 Å². The summed E-state index contributed by atoms with van der Waals surface area (Å²) < 4.78 is 18.4. The van der Waals surface area contributed by atoms with Crippen LogP contribution in [0.15, 0.2) is 0 Å². The Morgan fingerprint density at radius 3 is 1.79 bits per heavy atom. The average molecular weight is 492 g/mol. The maximum atomic E-state index is 8.25. The summed E-state index contributed by atoms with van der Waals surface area (Å²) in [6, 6.07) is 0. The van der Waals surface area contributed by atoms with Gasteiger partial charge < -0.3 is 26.3 Å². The van der Waals surface area contributed by atoms with Crippen molar-refractivity contribution in [2.45, 2.75) is 0 Å². The molecule has 14 heavy (non-hydrogen) atoms. The summed E-state index contributed by atoms with van der Waals surface area (Å²) in [5, 5.41) is 0. The maximum Gasteiger partial charge on any atom is 0.334 e. The van der Waals surface area contributed by atoms with Crippen LogP contribution in [0.3, 0.4) is 0 Å². The minimum atomic E-state index is -2.37. The fourth-order valence-electron chi connectivity index (χ4n) is 0.294. The van der Waals surface area contributed by atoms with Crippen molar-refractivity contribution in [2.75, 3.05) is 21.0 Å². The largest absolute Gasteiger partial charge is 0.358 e. The molecule has 0 aliphatic rings. The third-order valence-corrected chi connectivity index (χ3v) is 1.87. The normalized spacial score (nSPS) is 9.00. The molecule has 0 aromatic carbocycles. The standard InChI is InChI=1S/C3H10O6P2.CH3.W.Y/c1-6-11(7-2)9-3-8-10(4)5;;;/h4-5H,3H2,1-2H3;1H3;;/q;-1;;. The predicted molar refractivity (Wildman–Crippen MR) is 45.7 cm³/mol. The van der Waals surface area contributed by atoms with Crippen molar-refractivity contribution in [1.82, 2.24) is 0 Å². The van der Waals surface area contributed by atoms with E-state index in [4.69, 9.17) is 14.3 Å². The van der Waals surface area contributed by atoms with Crippen molar-refractivity contribution in [1.29, 1.82) is 0 Å². The molecular formula is C4H13O6P2WY-. The van der Waals surface area contributed by atoms with Gasteiger partial charge in [-0.15, -0.1) is 0 Å². The van der Waals surface area contributed by atoms with E-state index in [1.54, 1.807) is 0 Å². The van der Waals surface area contributed by atoms with Gasteiger partial charge in [-0.25, -0.2) is 0 Å². The monoisotopic (exact) mass is 492 g/mol. The van der Waals surface area contributed by atoms with Gasteiger partial charge in [-0.2, -0.15) is 0 Å². The fraction of sp³-hybridized carbons (Fsp3) is 0.750. The summed E-state index contributed by atoms with van der Waals surface area (Å²) in [7, 11) is -0.965. The van der Waals surface area contributed by atoms with Gasteiger partial charge in [-0.05, 0) is 0 Å². The van der Waals surface area contributed by atoms with Gasteiger partial charge in [0.05, 0.1) is 0 Å². The van der Waals surface area contributed by atoms with Crippen LogP contribution in [0, 0.1) is 7.43 Å². The van der Waals surface area contributed by atoms with Gasteiger partial charge in [0.1, 0.15) is 0 Å². The average Bonchev–Trinajstić information content (AvgIpc) is 1.98. The number of hydrogen-bond acceptors (Lipinski definition) is 6. The molecule has 0 spiro atoms. The van der Waals surface area contributed by atoms with E-state index in [9.17, 15) is 0 Å². The Bertz CT molecular complexity index is 97.9. The van der Waals surface area contributed by atoms with Crippen molar-refractivity contribution < 1.29 is 81.7 Å². The topological polar surface area (TPSA) is 77.4 Å². The second-order valence-corrected chi connectivity index (χ2v) is 3.42. The molecule has 0 rings (SSSR count). The Kier molecular flexibility index (Phi) is 32.2. The molecule has 0 aliphatic carbocycles. The molecule has 2 N–H and O–H groups in total. The zero-order chi connectivity index (χ0) is 8.69. The number of rotatable bonds is 6. The molecule has 0 aliphatic heterocycles. The van der Waals surface area contributed by atoms with E-state index in [-0.39, 0.29) is 68.0 Å². The molecule has 10 heteroatoms. The first-order valence-electron chi connectivity index (χ1n) is 2.52. The Balaban J connectivity index is -0.000000167. The first-order chi connectivity index (χ1) is 5.20. The van der Waals surface area contributed by atoms with Crippen LogP contribution in [0.2, 0.25) is 0 Å². The third-order valence-electron chi connectivity index (χ3n) is 0.624. The summed E-state index contributed by atoms with van der Waals surface area (Å²) in [6.45, 7) is -0.258. The minimum absolute atomic E-state index is 0. The van der Waals surface area contributed by atoms with Crippen molar-refractivity contribution >= 4 is 17.2 Å². The molecule has 0 fully saturated rings. The molecule has 1 radical (unpaired) electrons. The maximum absolute atomic E-state index is 8.25. The summed E-state index contributed by atoms with van der Waals surface area (Å²) in [6.07, 6.45) is 0. The van der Waals surface area contributed by atoms with Crippen LogP contribution in [0.4, 0.5) is 0 Å². The molecule has 0 bridgehead atoms. The molecule has 0 aromatic heterocycles. The zero-order valence-corrected chi connectivity index (χ0v) is 15.7. The molecule has 6 nitrogen and oxygen atoms in total. The van der Waals surface area contributed by atoms with Gasteiger partial charge >= 0.3 is 17.2 Å². The first kappa shape index (κ1) is 25.3. The Labute approximate surface area is 126 Å². The van der Waals surface area contributed by atoms with Crippen LogP contribution >= 0.6 is 17.2 Å². The quantitative estimate of drug-likeness (QED) is 0.330. The molecular weight excluding hydrogens is 479 g/mol. The van der Waals surface area contributed by atoms with Crippen molar-refractivity contribution in [3.8, 4) is 0 Å². The third kappa shape index (κ3) is 16.8. The smallest absolute Gasteiger partial charge is 0.334 e. The van der Waals surface area contributed by atoms with Gasteiger partial charge in [0, 0.05) is 68.0 Å². The van der Waals surface area contributed by atoms with Crippen LogP contribution < -0.4 is 0 Å². The molecule has 85 valence electrons.